The Bertz CT molecular complexity index is 1070. The molecule has 0 N–H and O–H groups in total. The Morgan fingerprint density at radius 2 is 1.92 bits per heavy atom. The van der Waals surface area contributed by atoms with Gasteiger partial charge in [0.15, 0.2) is 5.82 Å². The number of hydrogen-bond acceptors (Lipinski definition) is 6. The molecule has 138 valence electrons. The smallest absolute Gasteiger partial charge is 0.207 e. The van der Waals surface area contributed by atoms with E-state index < -0.39 is 15.8 Å². The average molecular weight is 395 g/mol. The summed E-state index contributed by atoms with van der Waals surface area (Å²) in [5, 5.41) is 13.6. The van der Waals surface area contributed by atoms with Crippen LogP contribution in [0.2, 0.25) is 0 Å². The highest BCUT2D eigenvalue weighted by atomic mass is 32.2. The van der Waals surface area contributed by atoms with Crippen LogP contribution in [0, 0.1) is 19.7 Å². The van der Waals surface area contributed by atoms with Crippen molar-refractivity contribution >= 4 is 26.3 Å². The third kappa shape index (κ3) is 2.91. The Morgan fingerprint density at radius 3 is 2.58 bits per heavy atom. The first-order valence-electron chi connectivity index (χ1n) is 8.31. The van der Waals surface area contributed by atoms with E-state index in [1.165, 1.54) is 33.8 Å². The minimum Gasteiger partial charge on any atom is -0.207 e. The Labute approximate surface area is 154 Å². The predicted octanol–water partition coefficient (Wildman–Crippen LogP) is 2.51. The Balaban J connectivity index is 1.51. The highest BCUT2D eigenvalue weighted by Crippen LogP contribution is 2.33. The number of aromatic nitrogens is 4. The molecule has 1 saturated heterocycles. The van der Waals surface area contributed by atoms with Crippen LogP contribution >= 0.6 is 11.3 Å². The molecule has 0 atom stereocenters. The maximum Gasteiger partial charge on any atom is 0.243 e. The van der Waals surface area contributed by atoms with Crippen molar-refractivity contribution < 1.29 is 12.8 Å². The topological polar surface area (TPSA) is 80.5 Å². The van der Waals surface area contributed by atoms with Gasteiger partial charge in [-0.15, -0.1) is 10.2 Å². The highest BCUT2D eigenvalue weighted by Gasteiger charge is 2.31. The molecule has 0 saturated carbocycles. The van der Waals surface area contributed by atoms with Crippen LogP contribution < -0.4 is 0 Å². The maximum absolute atomic E-state index is 13.4. The van der Waals surface area contributed by atoms with Crippen molar-refractivity contribution in [2.45, 2.75) is 37.5 Å². The van der Waals surface area contributed by atoms with Crippen molar-refractivity contribution in [1.29, 1.82) is 0 Å². The molecule has 0 amide bonds. The third-order valence-electron chi connectivity index (χ3n) is 4.73. The lowest BCUT2D eigenvalue weighted by atomic mass is 9.99. The van der Waals surface area contributed by atoms with Crippen molar-refractivity contribution in [3.8, 4) is 0 Å². The van der Waals surface area contributed by atoms with Gasteiger partial charge in [-0.3, -0.25) is 0 Å². The van der Waals surface area contributed by atoms with Crippen molar-refractivity contribution in [1.82, 2.24) is 24.1 Å². The van der Waals surface area contributed by atoms with Crippen LogP contribution in [0.3, 0.4) is 0 Å². The van der Waals surface area contributed by atoms with E-state index in [-0.39, 0.29) is 10.8 Å². The van der Waals surface area contributed by atoms with Crippen LogP contribution in [0.5, 0.6) is 0 Å². The molecule has 0 bridgehead atoms. The molecule has 0 spiro atoms. The van der Waals surface area contributed by atoms with Gasteiger partial charge in [0.05, 0.1) is 4.90 Å². The summed E-state index contributed by atoms with van der Waals surface area (Å²) in [6.07, 6.45) is 1.39. The fraction of sp³-hybridized carbons (Fsp3) is 0.438. The van der Waals surface area contributed by atoms with Gasteiger partial charge >= 0.3 is 0 Å². The minimum atomic E-state index is -3.61. The maximum atomic E-state index is 13.4. The summed E-state index contributed by atoms with van der Waals surface area (Å²) < 4.78 is 42.2. The average Bonchev–Trinajstić information content (AvgIpc) is 3.20. The van der Waals surface area contributed by atoms with E-state index in [1.807, 2.05) is 6.92 Å². The molecule has 10 heteroatoms. The molecule has 7 nitrogen and oxygen atoms in total. The molecule has 1 fully saturated rings. The fourth-order valence-corrected chi connectivity index (χ4v) is 5.77. The van der Waals surface area contributed by atoms with Gasteiger partial charge < -0.3 is 0 Å². The van der Waals surface area contributed by atoms with E-state index in [0.29, 0.717) is 31.5 Å². The lowest BCUT2D eigenvalue weighted by molar-refractivity contribution is 0.318. The Morgan fingerprint density at radius 1 is 1.19 bits per heavy atom. The number of nitrogens with zero attached hydrogens (tertiary/aromatic N) is 5. The molecule has 2 aromatic heterocycles. The van der Waals surface area contributed by atoms with E-state index >= 15 is 0 Å². The molecule has 0 unspecified atom stereocenters. The number of aryl methyl sites for hydroxylation is 2. The zero-order chi connectivity index (χ0) is 18.5. The minimum absolute atomic E-state index is 0.143. The van der Waals surface area contributed by atoms with Gasteiger partial charge in [0, 0.05) is 19.0 Å². The molecule has 1 aliphatic rings. The molecule has 4 rings (SSSR count). The molecular formula is C16H18FN5O2S2. The van der Waals surface area contributed by atoms with Crippen molar-refractivity contribution in [2.75, 3.05) is 13.1 Å². The molecule has 3 aromatic rings. The molecule has 1 aromatic carbocycles. The molecule has 0 aliphatic carbocycles. The zero-order valence-corrected chi connectivity index (χ0v) is 16.0. The molecule has 26 heavy (non-hydrogen) atoms. The molecule has 3 heterocycles. The van der Waals surface area contributed by atoms with Gasteiger partial charge in [-0.1, -0.05) is 11.3 Å². The van der Waals surface area contributed by atoms with E-state index in [4.69, 9.17) is 0 Å². The van der Waals surface area contributed by atoms with Gasteiger partial charge in [-0.2, -0.15) is 13.9 Å². The van der Waals surface area contributed by atoms with E-state index in [2.05, 4.69) is 15.3 Å². The van der Waals surface area contributed by atoms with Gasteiger partial charge in [0.1, 0.15) is 10.8 Å². The highest BCUT2D eigenvalue weighted by molar-refractivity contribution is 7.89. The Kier molecular flexibility index (Phi) is 4.28. The van der Waals surface area contributed by atoms with E-state index in [9.17, 15) is 12.8 Å². The van der Waals surface area contributed by atoms with Crippen LogP contribution in [0.15, 0.2) is 23.1 Å². The van der Waals surface area contributed by atoms with Crippen LogP contribution in [0.25, 0.3) is 4.96 Å². The SMILES string of the molecule is Cc1cc(S(=O)(=O)N2CCC(c3nn4c(C)nnc4s3)CC2)ccc1F. The second-order valence-corrected chi connectivity index (χ2v) is 9.40. The summed E-state index contributed by atoms with van der Waals surface area (Å²) in [5.41, 5.74) is 0.330. The van der Waals surface area contributed by atoms with Gasteiger partial charge in [-0.25, -0.2) is 12.8 Å². The van der Waals surface area contributed by atoms with Crippen LogP contribution in [-0.2, 0) is 10.0 Å². The second kappa shape index (κ2) is 6.36. The lowest BCUT2D eigenvalue weighted by Crippen LogP contribution is -2.37. The standard InChI is InChI=1S/C16H18FN5O2S2/c1-10-9-13(3-4-14(10)17)26(23,24)21-7-5-12(6-8-21)15-20-22-11(2)18-19-16(22)25-15/h3-4,9,12H,5-8H2,1-2H3. The largest absolute Gasteiger partial charge is 0.243 e. The first kappa shape index (κ1) is 17.5. The number of halogens is 1. The summed E-state index contributed by atoms with van der Waals surface area (Å²) in [6.45, 7) is 4.25. The molecule has 0 radical (unpaired) electrons. The normalized spacial score (nSPS) is 17.2. The zero-order valence-electron chi connectivity index (χ0n) is 14.4. The lowest BCUT2D eigenvalue weighted by Gasteiger charge is -2.30. The van der Waals surface area contributed by atoms with Crippen molar-refractivity contribution in [3.63, 3.8) is 0 Å². The van der Waals surface area contributed by atoms with E-state index in [1.54, 1.807) is 11.4 Å². The Hall–Kier alpha value is -1.91. The van der Waals surface area contributed by atoms with Crippen LogP contribution in [-0.4, -0.2) is 45.6 Å². The molecule has 1 aliphatic heterocycles. The summed E-state index contributed by atoms with van der Waals surface area (Å²) in [5.74, 6) is 0.554. The third-order valence-corrected chi connectivity index (χ3v) is 7.69. The summed E-state index contributed by atoms with van der Waals surface area (Å²) in [7, 11) is -3.61. The van der Waals surface area contributed by atoms with Gasteiger partial charge in [-0.05, 0) is 50.5 Å². The predicted molar refractivity (Wildman–Crippen MR) is 95.3 cm³/mol. The number of fused-ring (bicyclic) bond motifs is 1. The van der Waals surface area contributed by atoms with Crippen molar-refractivity contribution in [2.24, 2.45) is 0 Å². The first-order chi connectivity index (χ1) is 12.4. The monoisotopic (exact) mass is 395 g/mol. The van der Waals surface area contributed by atoms with E-state index in [0.717, 1.165) is 15.8 Å². The number of hydrogen-bond donors (Lipinski definition) is 0. The first-order valence-corrected chi connectivity index (χ1v) is 10.6. The summed E-state index contributed by atoms with van der Waals surface area (Å²) >= 11 is 1.50. The number of piperidine rings is 1. The number of rotatable bonds is 3. The van der Waals surface area contributed by atoms with Crippen LogP contribution in [0.4, 0.5) is 4.39 Å². The number of sulfonamides is 1. The number of benzene rings is 1. The van der Waals surface area contributed by atoms with Gasteiger partial charge in [0.2, 0.25) is 15.0 Å². The fourth-order valence-electron chi connectivity index (χ4n) is 3.16. The van der Waals surface area contributed by atoms with Gasteiger partial charge in [0.25, 0.3) is 0 Å². The van der Waals surface area contributed by atoms with Crippen molar-refractivity contribution in [3.05, 3.63) is 40.4 Å². The molecular weight excluding hydrogens is 377 g/mol. The second-order valence-electron chi connectivity index (χ2n) is 6.47. The summed E-state index contributed by atoms with van der Waals surface area (Å²) in [4.78, 5) is 0.901. The quantitative estimate of drug-likeness (QED) is 0.681. The van der Waals surface area contributed by atoms with Crippen LogP contribution in [0.1, 0.15) is 35.2 Å². The summed E-state index contributed by atoms with van der Waals surface area (Å²) in [6, 6.07) is 3.93.